The lowest BCUT2D eigenvalue weighted by Gasteiger charge is -2.39. The van der Waals surface area contributed by atoms with Crippen molar-refractivity contribution in [2.75, 3.05) is 49.1 Å². The van der Waals surface area contributed by atoms with Crippen LogP contribution in [0.5, 0.6) is 0 Å². The summed E-state index contributed by atoms with van der Waals surface area (Å²) in [4.78, 5) is 30.3. The Hall–Kier alpha value is -2.55. The molecule has 3 saturated heterocycles. The highest BCUT2D eigenvalue weighted by molar-refractivity contribution is 7.23. The zero-order valence-electron chi connectivity index (χ0n) is 21.1. The van der Waals surface area contributed by atoms with Gasteiger partial charge in [-0.2, -0.15) is 0 Å². The van der Waals surface area contributed by atoms with Crippen molar-refractivity contribution < 1.29 is 9.53 Å². The Kier molecular flexibility index (Phi) is 6.91. The number of nitrogens with zero attached hydrogens (tertiary/aromatic N) is 5. The maximum absolute atomic E-state index is 12.7. The van der Waals surface area contributed by atoms with E-state index in [2.05, 4.69) is 28.9 Å². The Morgan fingerprint density at radius 2 is 1.83 bits per heavy atom. The molecule has 0 bridgehead atoms. The van der Waals surface area contributed by atoms with Gasteiger partial charge in [0.2, 0.25) is 11.9 Å². The van der Waals surface area contributed by atoms with Crippen molar-refractivity contribution in [1.82, 2.24) is 14.9 Å². The molecule has 0 radical (unpaired) electrons. The summed E-state index contributed by atoms with van der Waals surface area (Å²) >= 11 is 1.63. The first-order valence-corrected chi connectivity index (χ1v) is 14.3. The third kappa shape index (κ3) is 4.51. The fourth-order valence-electron chi connectivity index (χ4n) is 6.04. The molecule has 3 aliphatic heterocycles. The first-order valence-electron chi connectivity index (χ1n) is 13.5. The Morgan fingerprint density at radius 1 is 1.06 bits per heavy atom. The summed E-state index contributed by atoms with van der Waals surface area (Å²) in [6.07, 6.45) is 8.50. The minimum atomic E-state index is 0.204. The Morgan fingerprint density at radius 3 is 2.53 bits per heavy atom. The molecule has 2 aromatic heterocycles. The lowest BCUT2D eigenvalue weighted by molar-refractivity contribution is -0.117. The minimum absolute atomic E-state index is 0.204. The number of likely N-dealkylation sites (tertiary alicyclic amines) is 1. The highest BCUT2D eigenvalue weighted by Gasteiger charge is 2.34. The second-order valence-electron chi connectivity index (χ2n) is 10.1. The van der Waals surface area contributed by atoms with Crippen molar-refractivity contribution in [2.24, 2.45) is 5.92 Å². The Bertz CT molecular complexity index is 1200. The van der Waals surface area contributed by atoms with E-state index in [4.69, 9.17) is 14.7 Å². The van der Waals surface area contributed by atoms with Gasteiger partial charge in [0.15, 0.2) is 0 Å². The molecule has 3 fully saturated rings. The van der Waals surface area contributed by atoms with Crippen molar-refractivity contribution in [1.29, 1.82) is 0 Å². The number of rotatable bonds is 7. The van der Waals surface area contributed by atoms with Gasteiger partial charge in [-0.05, 0) is 44.6 Å². The molecule has 190 valence electrons. The molecule has 3 aliphatic rings. The fourth-order valence-corrected chi connectivity index (χ4v) is 7.25. The third-order valence-electron chi connectivity index (χ3n) is 7.86. The number of ether oxygens (including phenoxy) is 1. The topological polar surface area (TPSA) is 61.8 Å². The van der Waals surface area contributed by atoms with Crippen LogP contribution in [0.1, 0.15) is 45.4 Å². The summed E-state index contributed by atoms with van der Waals surface area (Å²) in [6, 6.07) is 10.3. The molecular weight excluding hydrogens is 470 g/mol. The highest BCUT2D eigenvalue weighted by atomic mass is 32.1. The van der Waals surface area contributed by atoms with Crippen LogP contribution in [-0.4, -0.2) is 66.3 Å². The van der Waals surface area contributed by atoms with E-state index in [0.29, 0.717) is 12.3 Å². The number of hydrogen-bond donors (Lipinski definition) is 0. The van der Waals surface area contributed by atoms with E-state index < -0.39 is 0 Å². The van der Waals surface area contributed by atoms with Crippen molar-refractivity contribution in [3.8, 4) is 11.1 Å². The van der Waals surface area contributed by atoms with Crippen LogP contribution in [0, 0.1) is 5.92 Å². The van der Waals surface area contributed by atoms with Gasteiger partial charge in [-0.3, -0.25) is 9.69 Å². The molecule has 0 aliphatic carbocycles. The molecule has 0 saturated carbocycles. The van der Waals surface area contributed by atoms with E-state index in [-0.39, 0.29) is 12.1 Å². The number of thiophene rings is 1. The molecular formula is C28H35N5O2S. The van der Waals surface area contributed by atoms with Crippen LogP contribution in [0.4, 0.5) is 10.9 Å². The van der Waals surface area contributed by atoms with Crippen LogP contribution >= 0.6 is 11.3 Å². The van der Waals surface area contributed by atoms with Gasteiger partial charge < -0.3 is 14.5 Å². The van der Waals surface area contributed by atoms with Crippen LogP contribution in [0.25, 0.3) is 21.3 Å². The van der Waals surface area contributed by atoms with E-state index in [9.17, 15) is 4.79 Å². The first kappa shape index (κ1) is 23.8. The largest absolute Gasteiger partial charge is 0.363 e. The number of aromatic nitrogens is 2. The molecule has 3 aromatic rings. The molecule has 6 rings (SSSR count). The smallest absolute Gasteiger partial charge is 0.227 e. The fraction of sp³-hybridized carbons (Fsp3) is 0.536. The quantitative estimate of drug-likeness (QED) is 0.442. The van der Waals surface area contributed by atoms with E-state index in [1.807, 2.05) is 29.3 Å². The van der Waals surface area contributed by atoms with Crippen molar-refractivity contribution in [2.45, 2.75) is 51.7 Å². The van der Waals surface area contributed by atoms with Gasteiger partial charge in [0.05, 0.1) is 0 Å². The highest BCUT2D eigenvalue weighted by Crippen LogP contribution is 2.45. The summed E-state index contributed by atoms with van der Waals surface area (Å²) in [5.74, 6) is 1.56. The average molecular weight is 506 g/mol. The van der Waals surface area contributed by atoms with Crippen molar-refractivity contribution in [3.63, 3.8) is 0 Å². The minimum Gasteiger partial charge on any atom is -0.363 e. The second-order valence-corrected chi connectivity index (χ2v) is 11.1. The third-order valence-corrected chi connectivity index (χ3v) is 8.98. The summed E-state index contributed by atoms with van der Waals surface area (Å²) < 4.78 is 6.23. The SMILES string of the molecule is CCOC(C1CCN(c2ncc3c(-c4ccccc4)c(N4CCCC4=O)sc3n2)CC1)N1CCCC1. The zero-order chi connectivity index (χ0) is 24.5. The normalized spacial score (nSPS) is 20.6. The van der Waals surface area contributed by atoms with Crippen LogP contribution in [0.3, 0.4) is 0 Å². The molecule has 7 nitrogen and oxygen atoms in total. The van der Waals surface area contributed by atoms with Crippen LogP contribution in [0.15, 0.2) is 36.5 Å². The molecule has 5 heterocycles. The number of carbonyl (C=O) groups excluding carboxylic acids is 1. The molecule has 8 heteroatoms. The van der Waals surface area contributed by atoms with E-state index in [0.717, 1.165) is 90.9 Å². The van der Waals surface area contributed by atoms with Gasteiger partial charge in [-0.25, -0.2) is 9.97 Å². The predicted molar refractivity (Wildman–Crippen MR) is 146 cm³/mol. The second kappa shape index (κ2) is 10.4. The zero-order valence-corrected chi connectivity index (χ0v) is 21.9. The summed E-state index contributed by atoms with van der Waals surface area (Å²) in [7, 11) is 0. The van der Waals surface area contributed by atoms with Gasteiger partial charge in [0, 0.05) is 68.8 Å². The Balaban J connectivity index is 1.26. The van der Waals surface area contributed by atoms with Crippen molar-refractivity contribution >= 4 is 38.4 Å². The van der Waals surface area contributed by atoms with Crippen LogP contribution < -0.4 is 9.80 Å². The lowest BCUT2D eigenvalue weighted by atomic mass is 9.94. The molecule has 0 spiro atoms. The van der Waals surface area contributed by atoms with E-state index in [1.165, 1.54) is 12.8 Å². The lowest BCUT2D eigenvalue weighted by Crippen LogP contribution is -2.46. The maximum atomic E-state index is 12.7. The number of anilines is 2. The standard InChI is InChI=1S/C28H35N5O2S/c1-2-35-26(31-14-6-7-15-31)21-12-17-32(18-13-21)28-29-19-22-24(20-9-4-3-5-10-20)27(36-25(22)30-28)33-16-8-11-23(33)34/h3-5,9-10,19,21,26H,2,6-8,11-18H2,1H3. The Labute approximate surface area is 217 Å². The summed E-state index contributed by atoms with van der Waals surface area (Å²) in [5.41, 5.74) is 2.20. The maximum Gasteiger partial charge on any atom is 0.227 e. The van der Waals surface area contributed by atoms with E-state index >= 15 is 0 Å². The number of benzene rings is 1. The molecule has 1 atom stereocenters. The molecule has 1 amide bonds. The van der Waals surface area contributed by atoms with Gasteiger partial charge in [0.1, 0.15) is 16.1 Å². The molecule has 0 N–H and O–H groups in total. The number of fused-ring (bicyclic) bond motifs is 1. The van der Waals surface area contributed by atoms with Crippen LogP contribution in [0.2, 0.25) is 0 Å². The van der Waals surface area contributed by atoms with Gasteiger partial charge in [-0.1, -0.05) is 41.7 Å². The number of amides is 1. The number of carbonyl (C=O) groups is 1. The number of piperidine rings is 1. The number of hydrogen-bond acceptors (Lipinski definition) is 7. The van der Waals surface area contributed by atoms with Crippen LogP contribution in [-0.2, 0) is 9.53 Å². The molecule has 36 heavy (non-hydrogen) atoms. The first-order chi connectivity index (χ1) is 17.7. The monoisotopic (exact) mass is 505 g/mol. The van der Waals surface area contributed by atoms with Crippen molar-refractivity contribution in [3.05, 3.63) is 36.5 Å². The predicted octanol–water partition coefficient (Wildman–Crippen LogP) is 5.16. The van der Waals surface area contributed by atoms with Gasteiger partial charge in [0.25, 0.3) is 0 Å². The van der Waals surface area contributed by atoms with Gasteiger partial charge >= 0.3 is 0 Å². The average Bonchev–Trinajstić information content (AvgIpc) is 3.67. The summed E-state index contributed by atoms with van der Waals surface area (Å²) in [6.45, 7) is 7.87. The van der Waals surface area contributed by atoms with E-state index in [1.54, 1.807) is 11.3 Å². The summed E-state index contributed by atoms with van der Waals surface area (Å²) in [5, 5.41) is 2.04. The van der Waals surface area contributed by atoms with Gasteiger partial charge in [-0.15, -0.1) is 0 Å². The molecule has 1 unspecified atom stereocenters. The molecule has 1 aromatic carbocycles.